The number of esters is 1. The Balaban J connectivity index is 1.80. The predicted octanol–water partition coefficient (Wildman–Crippen LogP) is 3.98. The lowest BCUT2D eigenvalue weighted by Gasteiger charge is -2.27. The van der Waals surface area contributed by atoms with E-state index in [4.69, 9.17) is 18.9 Å². The fourth-order valence-corrected chi connectivity index (χ4v) is 3.75. The molecule has 0 atom stereocenters. The van der Waals surface area contributed by atoms with Crippen LogP contribution in [-0.2, 0) is 30.5 Å². The number of halogens is 1. The minimum atomic E-state index is -0.694. The Morgan fingerprint density at radius 1 is 1.03 bits per heavy atom. The first-order valence-corrected chi connectivity index (χ1v) is 12.3. The topological polar surface area (TPSA) is 115 Å². The second-order valence-corrected chi connectivity index (χ2v) is 8.44. The summed E-state index contributed by atoms with van der Waals surface area (Å²) in [7, 11) is 0. The molecule has 0 spiro atoms. The number of benzene rings is 2. The van der Waals surface area contributed by atoms with E-state index < -0.39 is 17.8 Å². The van der Waals surface area contributed by atoms with Crippen molar-refractivity contribution >= 4 is 23.9 Å². The number of hydrogen-bond donors (Lipinski definition) is 0. The van der Waals surface area contributed by atoms with E-state index in [1.165, 1.54) is 19.1 Å². The largest absolute Gasteiger partial charge is 0.490 e. The number of amides is 2. The van der Waals surface area contributed by atoms with Crippen molar-refractivity contribution in [1.29, 1.82) is 5.26 Å². The molecule has 3 rings (SSSR count). The van der Waals surface area contributed by atoms with Gasteiger partial charge in [0.05, 0.1) is 26.4 Å². The van der Waals surface area contributed by atoms with Gasteiger partial charge in [-0.1, -0.05) is 18.2 Å². The van der Waals surface area contributed by atoms with Gasteiger partial charge in [0, 0.05) is 12.5 Å². The molecule has 0 fully saturated rings. The van der Waals surface area contributed by atoms with Crippen LogP contribution < -0.4 is 9.47 Å². The molecule has 0 aliphatic carbocycles. The lowest BCUT2D eigenvalue weighted by Crippen LogP contribution is -2.44. The van der Waals surface area contributed by atoms with Crippen molar-refractivity contribution in [3.8, 4) is 17.6 Å². The summed E-state index contributed by atoms with van der Waals surface area (Å²) in [6, 6.07) is 13.0. The van der Waals surface area contributed by atoms with E-state index in [9.17, 15) is 24.0 Å². The van der Waals surface area contributed by atoms with Crippen LogP contribution in [0.3, 0.4) is 0 Å². The minimum absolute atomic E-state index is 0.0123. The summed E-state index contributed by atoms with van der Waals surface area (Å²) in [6.07, 6.45) is 1.59. The number of carbonyl (C=O) groups is 3. The van der Waals surface area contributed by atoms with Gasteiger partial charge in [-0.15, -0.1) is 0 Å². The highest BCUT2D eigenvalue weighted by Crippen LogP contribution is 2.32. The smallest absolute Gasteiger partial charge is 0.302 e. The molecule has 2 aromatic carbocycles. The van der Waals surface area contributed by atoms with E-state index >= 15 is 0 Å². The standard InChI is InChI=1S/C29H29FN2O7/c1-4-37-27-16-22(7-10-26(27)39-18-21-5-8-23(30)9-6-21)15-24-19(2)25(17-31)29(35)32(28(24)34)11-12-36-13-14-38-20(3)33/h5-10,15-16H,4,11-14,18H2,1-3H3/b24-15+. The zero-order chi connectivity index (χ0) is 28.4. The van der Waals surface area contributed by atoms with Gasteiger partial charge in [-0.25, -0.2) is 4.39 Å². The van der Waals surface area contributed by atoms with Crippen molar-refractivity contribution < 1.29 is 37.7 Å². The lowest BCUT2D eigenvalue weighted by molar-refractivity contribution is -0.142. The number of ether oxygens (including phenoxy) is 4. The Labute approximate surface area is 226 Å². The summed E-state index contributed by atoms with van der Waals surface area (Å²) in [5.74, 6) is -1.12. The van der Waals surface area contributed by atoms with Crippen LogP contribution in [-0.4, -0.2) is 55.7 Å². The lowest BCUT2D eigenvalue weighted by atomic mass is 9.93. The third kappa shape index (κ3) is 7.75. The zero-order valence-electron chi connectivity index (χ0n) is 22.0. The van der Waals surface area contributed by atoms with Crippen molar-refractivity contribution in [2.24, 2.45) is 0 Å². The Kier molecular flexibility index (Phi) is 10.3. The van der Waals surface area contributed by atoms with E-state index in [-0.39, 0.29) is 55.5 Å². The molecule has 0 aromatic heterocycles. The SMILES string of the molecule is CCOc1cc(/C=C2/C(=O)N(CCOCCOC(C)=O)C(=O)C(C#N)=C2C)ccc1OCc1ccc(F)cc1. The second-order valence-electron chi connectivity index (χ2n) is 8.44. The highest BCUT2D eigenvalue weighted by atomic mass is 19.1. The molecule has 9 nitrogen and oxygen atoms in total. The van der Waals surface area contributed by atoms with E-state index in [0.717, 1.165) is 10.5 Å². The summed E-state index contributed by atoms with van der Waals surface area (Å²) in [6.45, 7) is 5.32. The summed E-state index contributed by atoms with van der Waals surface area (Å²) >= 11 is 0. The van der Waals surface area contributed by atoms with E-state index in [0.29, 0.717) is 23.7 Å². The van der Waals surface area contributed by atoms with E-state index in [2.05, 4.69) is 0 Å². The molecule has 0 bridgehead atoms. The first-order chi connectivity index (χ1) is 18.7. The van der Waals surface area contributed by atoms with Crippen molar-refractivity contribution in [3.05, 3.63) is 76.1 Å². The van der Waals surface area contributed by atoms with Gasteiger partial charge in [0.1, 0.15) is 30.7 Å². The first-order valence-electron chi connectivity index (χ1n) is 12.3. The molecule has 1 aliphatic rings. The van der Waals surface area contributed by atoms with Crippen LogP contribution in [0.1, 0.15) is 31.9 Å². The van der Waals surface area contributed by atoms with Gasteiger partial charge in [-0.3, -0.25) is 19.3 Å². The van der Waals surface area contributed by atoms with Gasteiger partial charge >= 0.3 is 5.97 Å². The molecule has 2 amide bonds. The molecule has 0 saturated heterocycles. The Morgan fingerprint density at radius 2 is 1.77 bits per heavy atom. The van der Waals surface area contributed by atoms with Crippen LogP contribution >= 0.6 is 0 Å². The fraction of sp³-hybridized carbons (Fsp3) is 0.310. The summed E-state index contributed by atoms with van der Waals surface area (Å²) in [4.78, 5) is 37.9. The van der Waals surface area contributed by atoms with Crippen LogP contribution in [0, 0.1) is 17.1 Å². The van der Waals surface area contributed by atoms with Crippen LogP contribution in [0.15, 0.2) is 59.2 Å². The quantitative estimate of drug-likeness (QED) is 0.173. The third-order valence-corrected chi connectivity index (χ3v) is 5.70. The van der Waals surface area contributed by atoms with Crippen LogP contribution in [0.2, 0.25) is 0 Å². The highest BCUT2D eigenvalue weighted by molar-refractivity contribution is 6.19. The van der Waals surface area contributed by atoms with Gasteiger partial charge < -0.3 is 18.9 Å². The number of carbonyl (C=O) groups excluding carboxylic acids is 3. The van der Waals surface area contributed by atoms with Crippen LogP contribution in [0.4, 0.5) is 4.39 Å². The molecular formula is C29H29FN2O7. The molecule has 0 N–H and O–H groups in total. The van der Waals surface area contributed by atoms with Gasteiger partial charge in [-0.05, 0) is 60.9 Å². The molecule has 204 valence electrons. The Morgan fingerprint density at radius 3 is 2.44 bits per heavy atom. The molecule has 1 heterocycles. The summed E-state index contributed by atoms with van der Waals surface area (Å²) in [5, 5.41) is 9.60. The average molecular weight is 537 g/mol. The number of imide groups is 1. The molecule has 2 aromatic rings. The highest BCUT2D eigenvalue weighted by Gasteiger charge is 2.35. The summed E-state index contributed by atoms with van der Waals surface area (Å²) in [5.41, 5.74) is 1.70. The zero-order valence-corrected chi connectivity index (χ0v) is 22.0. The minimum Gasteiger partial charge on any atom is -0.490 e. The fourth-order valence-electron chi connectivity index (χ4n) is 3.75. The molecular weight excluding hydrogens is 507 g/mol. The van der Waals surface area contributed by atoms with Crippen molar-refractivity contribution in [1.82, 2.24) is 4.90 Å². The third-order valence-electron chi connectivity index (χ3n) is 5.70. The maximum absolute atomic E-state index is 13.3. The number of nitriles is 1. The molecule has 0 radical (unpaired) electrons. The van der Waals surface area contributed by atoms with Gasteiger partial charge in [0.25, 0.3) is 11.8 Å². The van der Waals surface area contributed by atoms with E-state index in [1.807, 2.05) is 13.0 Å². The molecule has 39 heavy (non-hydrogen) atoms. The average Bonchev–Trinajstić information content (AvgIpc) is 2.91. The molecule has 0 unspecified atom stereocenters. The van der Waals surface area contributed by atoms with E-state index in [1.54, 1.807) is 43.3 Å². The van der Waals surface area contributed by atoms with Gasteiger partial charge in [0.15, 0.2) is 11.5 Å². The van der Waals surface area contributed by atoms with Gasteiger partial charge in [-0.2, -0.15) is 5.26 Å². The normalized spacial score (nSPS) is 14.4. The molecule has 10 heteroatoms. The van der Waals surface area contributed by atoms with Crippen LogP contribution in [0.5, 0.6) is 11.5 Å². The molecule has 0 saturated carbocycles. The summed E-state index contributed by atoms with van der Waals surface area (Å²) < 4.78 is 34.9. The van der Waals surface area contributed by atoms with Crippen molar-refractivity contribution in [2.75, 3.05) is 33.0 Å². The van der Waals surface area contributed by atoms with Crippen molar-refractivity contribution in [2.45, 2.75) is 27.4 Å². The number of hydrogen-bond acceptors (Lipinski definition) is 8. The maximum Gasteiger partial charge on any atom is 0.302 e. The number of rotatable bonds is 12. The molecule has 1 aliphatic heterocycles. The maximum atomic E-state index is 13.3. The second kappa shape index (κ2) is 13.9. The van der Waals surface area contributed by atoms with Crippen molar-refractivity contribution in [3.63, 3.8) is 0 Å². The predicted molar refractivity (Wildman–Crippen MR) is 139 cm³/mol. The number of nitrogens with zero attached hydrogens (tertiary/aromatic N) is 2. The van der Waals surface area contributed by atoms with Crippen LogP contribution in [0.25, 0.3) is 6.08 Å². The van der Waals surface area contributed by atoms with Gasteiger partial charge in [0.2, 0.25) is 0 Å². The Hall–Kier alpha value is -4.49. The monoisotopic (exact) mass is 536 g/mol. The first kappa shape index (κ1) is 29.1. The Bertz CT molecular complexity index is 1330.